The van der Waals surface area contributed by atoms with Crippen molar-refractivity contribution >= 4 is 17.3 Å². The quantitative estimate of drug-likeness (QED) is 0.726. The Kier molecular flexibility index (Phi) is 4.25. The topological polar surface area (TPSA) is 75.3 Å². The van der Waals surface area contributed by atoms with Crippen molar-refractivity contribution in [3.05, 3.63) is 59.7 Å². The van der Waals surface area contributed by atoms with Crippen molar-refractivity contribution in [1.82, 2.24) is 0 Å². The van der Waals surface area contributed by atoms with Crippen LogP contribution in [0.4, 0.5) is 11.4 Å². The average molecular weight is 270 g/mol. The summed E-state index contributed by atoms with van der Waals surface area (Å²) in [6, 6.07) is 15.2. The summed E-state index contributed by atoms with van der Waals surface area (Å²) in [6.45, 7) is 2.08. The second-order valence-electron chi connectivity index (χ2n) is 4.62. The zero-order chi connectivity index (χ0) is 14.5. The maximum atomic E-state index is 11.1. The fourth-order valence-corrected chi connectivity index (χ4v) is 2.14. The molecule has 0 aromatic heterocycles. The molecule has 0 spiro atoms. The lowest BCUT2D eigenvalue weighted by Crippen LogP contribution is -2.11. The van der Waals surface area contributed by atoms with E-state index < -0.39 is 5.97 Å². The fourth-order valence-electron chi connectivity index (χ4n) is 2.14. The van der Waals surface area contributed by atoms with E-state index in [1.165, 1.54) is 5.56 Å². The van der Waals surface area contributed by atoms with Crippen molar-refractivity contribution in [2.45, 2.75) is 19.4 Å². The molecular weight excluding hydrogens is 252 g/mol. The number of carboxylic acids is 1. The molecule has 0 fully saturated rings. The van der Waals surface area contributed by atoms with Gasteiger partial charge in [0.15, 0.2) is 0 Å². The summed E-state index contributed by atoms with van der Waals surface area (Å²) in [5.41, 5.74) is 7.98. The first kappa shape index (κ1) is 13.9. The summed E-state index contributed by atoms with van der Waals surface area (Å²) >= 11 is 0. The van der Waals surface area contributed by atoms with Crippen molar-refractivity contribution in [3.8, 4) is 0 Å². The molecule has 1 unspecified atom stereocenters. The summed E-state index contributed by atoms with van der Waals surface area (Å²) in [5.74, 6) is -1.01. The largest absolute Gasteiger partial charge is 0.478 e. The fraction of sp³-hybridized carbons (Fsp3) is 0.188. The first-order valence-electron chi connectivity index (χ1n) is 6.56. The monoisotopic (exact) mass is 270 g/mol. The van der Waals surface area contributed by atoms with E-state index in [1.807, 2.05) is 18.2 Å². The molecule has 1 atom stereocenters. The number of hydrogen-bond donors (Lipinski definition) is 3. The lowest BCUT2D eigenvalue weighted by Gasteiger charge is -2.19. The van der Waals surface area contributed by atoms with Gasteiger partial charge < -0.3 is 16.2 Å². The number of nitrogens with two attached hydrogens (primary N) is 1. The zero-order valence-electron chi connectivity index (χ0n) is 11.3. The van der Waals surface area contributed by atoms with E-state index >= 15 is 0 Å². The minimum absolute atomic E-state index is 0.123. The first-order chi connectivity index (χ1) is 9.61. The van der Waals surface area contributed by atoms with Gasteiger partial charge in [-0.25, -0.2) is 4.79 Å². The molecule has 0 bridgehead atoms. The second-order valence-corrected chi connectivity index (χ2v) is 4.62. The molecule has 2 aromatic carbocycles. The smallest absolute Gasteiger partial charge is 0.337 e. The molecule has 0 saturated carbocycles. The maximum Gasteiger partial charge on any atom is 0.337 e. The Balaban J connectivity index is 2.24. The third-order valence-electron chi connectivity index (χ3n) is 3.23. The minimum atomic E-state index is -1.01. The maximum absolute atomic E-state index is 11.1. The number of carbonyl (C=O) groups is 1. The van der Waals surface area contributed by atoms with Crippen molar-refractivity contribution in [1.29, 1.82) is 0 Å². The van der Waals surface area contributed by atoms with Gasteiger partial charge >= 0.3 is 5.97 Å². The molecule has 2 rings (SSSR count). The van der Waals surface area contributed by atoms with E-state index in [4.69, 9.17) is 10.8 Å². The van der Waals surface area contributed by atoms with Crippen LogP contribution in [0.2, 0.25) is 0 Å². The molecule has 20 heavy (non-hydrogen) atoms. The third kappa shape index (κ3) is 3.09. The zero-order valence-corrected chi connectivity index (χ0v) is 11.3. The highest BCUT2D eigenvalue weighted by molar-refractivity contribution is 5.94. The van der Waals surface area contributed by atoms with E-state index in [1.54, 1.807) is 18.2 Å². The molecule has 4 nitrogen and oxygen atoms in total. The van der Waals surface area contributed by atoms with E-state index in [0.29, 0.717) is 0 Å². The lowest BCUT2D eigenvalue weighted by atomic mass is 10.0. The third-order valence-corrected chi connectivity index (χ3v) is 3.23. The number of rotatable bonds is 5. The number of aromatic carboxylic acids is 1. The van der Waals surface area contributed by atoms with Gasteiger partial charge in [0.1, 0.15) is 0 Å². The van der Waals surface area contributed by atoms with Gasteiger partial charge in [-0.3, -0.25) is 0 Å². The predicted octanol–water partition coefficient (Wildman–Crippen LogP) is 3.53. The molecule has 0 saturated heterocycles. The van der Waals surface area contributed by atoms with Crippen molar-refractivity contribution in [2.24, 2.45) is 0 Å². The first-order valence-corrected chi connectivity index (χ1v) is 6.56. The van der Waals surface area contributed by atoms with Gasteiger partial charge in [-0.1, -0.05) is 37.3 Å². The molecule has 4 N–H and O–H groups in total. The Morgan fingerprint density at radius 3 is 2.55 bits per heavy atom. The van der Waals surface area contributed by atoms with E-state index in [9.17, 15) is 4.79 Å². The Morgan fingerprint density at radius 2 is 1.95 bits per heavy atom. The minimum Gasteiger partial charge on any atom is -0.478 e. The van der Waals surface area contributed by atoms with Crippen molar-refractivity contribution < 1.29 is 9.90 Å². The Morgan fingerprint density at radius 1 is 1.25 bits per heavy atom. The molecule has 0 heterocycles. The van der Waals surface area contributed by atoms with Crippen LogP contribution < -0.4 is 11.1 Å². The number of hydrogen-bond acceptors (Lipinski definition) is 3. The molecule has 0 aliphatic carbocycles. The molecule has 0 aliphatic rings. The molecule has 104 valence electrons. The Bertz CT molecular complexity index is 597. The van der Waals surface area contributed by atoms with Crippen LogP contribution in [0.1, 0.15) is 35.3 Å². The summed E-state index contributed by atoms with van der Waals surface area (Å²) < 4.78 is 0. The Hall–Kier alpha value is -2.49. The van der Waals surface area contributed by atoms with Gasteiger partial charge in [0.2, 0.25) is 0 Å². The molecule has 2 aromatic rings. The Labute approximate surface area is 118 Å². The van der Waals surface area contributed by atoms with Crippen LogP contribution in [0, 0.1) is 0 Å². The molecule has 0 radical (unpaired) electrons. The normalized spacial score (nSPS) is 11.8. The number of carboxylic acid groups (broad SMARTS) is 1. The number of anilines is 2. The summed E-state index contributed by atoms with van der Waals surface area (Å²) in [7, 11) is 0. The van der Waals surface area contributed by atoms with E-state index in [2.05, 4.69) is 24.4 Å². The molecule has 0 amide bonds. The number of nitrogens with one attached hydrogen (secondary N) is 1. The SMILES string of the molecule is CCC(Nc1ccc(N)c(C(=O)O)c1)c1ccccc1. The average Bonchev–Trinajstić information content (AvgIpc) is 2.47. The van der Waals surface area contributed by atoms with Crippen LogP contribution in [0.5, 0.6) is 0 Å². The van der Waals surface area contributed by atoms with Crippen LogP contribution in [-0.4, -0.2) is 11.1 Å². The van der Waals surface area contributed by atoms with Crippen LogP contribution >= 0.6 is 0 Å². The standard InChI is InChI=1S/C16H18N2O2/c1-2-15(11-6-4-3-5-7-11)18-12-8-9-14(17)13(10-12)16(19)20/h3-10,15,18H,2,17H2,1H3,(H,19,20). The highest BCUT2D eigenvalue weighted by Gasteiger charge is 2.12. The van der Waals surface area contributed by atoms with Gasteiger partial charge in [0.05, 0.1) is 11.6 Å². The molecule has 4 heteroatoms. The van der Waals surface area contributed by atoms with Gasteiger partial charge in [-0.2, -0.15) is 0 Å². The van der Waals surface area contributed by atoms with Gasteiger partial charge in [0.25, 0.3) is 0 Å². The lowest BCUT2D eigenvalue weighted by molar-refractivity contribution is 0.0698. The number of nitrogen functional groups attached to an aromatic ring is 1. The second kappa shape index (κ2) is 6.10. The summed E-state index contributed by atoms with van der Waals surface area (Å²) in [5, 5.41) is 12.4. The predicted molar refractivity (Wildman–Crippen MR) is 80.9 cm³/mol. The van der Waals surface area contributed by atoms with E-state index in [-0.39, 0.29) is 17.3 Å². The van der Waals surface area contributed by atoms with Crippen LogP contribution in [0.15, 0.2) is 48.5 Å². The summed E-state index contributed by atoms with van der Waals surface area (Å²) in [4.78, 5) is 11.1. The van der Waals surface area contributed by atoms with Crippen LogP contribution in [0.25, 0.3) is 0 Å². The van der Waals surface area contributed by atoms with E-state index in [0.717, 1.165) is 12.1 Å². The van der Waals surface area contributed by atoms with Gasteiger partial charge in [-0.15, -0.1) is 0 Å². The number of benzene rings is 2. The summed E-state index contributed by atoms with van der Waals surface area (Å²) in [6.07, 6.45) is 0.900. The van der Waals surface area contributed by atoms with Crippen LogP contribution in [0.3, 0.4) is 0 Å². The molecular formula is C16H18N2O2. The van der Waals surface area contributed by atoms with Crippen LogP contribution in [-0.2, 0) is 0 Å². The highest BCUT2D eigenvalue weighted by Crippen LogP contribution is 2.25. The molecule has 0 aliphatic heterocycles. The van der Waals surface area contributed by atoms with Crippen molar-refractivity contribution in [3.63, 3.8) is 0 Å². The van der Waals surface area contributed by atoms with Crippen molar-refractivity contribution in [2.75, 3.05) is 11.1 Å². The highest BCUT2D eigenvalue weighted by atomic mass is 16.4. The van der Waals surface area contributed by atoms with Gasteiger partial charge in [0, 0.05) is 11.4 Å². The van der Waals surface area contributed by atoms with Gasteiger partial charge in [-0.05, 0) is 30.2 Å².